The molecule has 0 radical (unpaired) electrons. The summed E-state index contributed by atoms with van der Waals surface area (Å²) in [4.78, 5) is 14.2. The molecule has 1 aromatic carbocycles. The Hall–Kier alpha value is -2.14. The highest BCUT2D eigenvalue weighted by Gasteiger charge is 2.25. The van der Waals surface area contributed by atoms with E-state index in [1.807, 2.05) is 0 Å². The number of hydrogen-bond acceptors (Lipinski definition) is 5. The van der Waals surface area contributed by atoms with Crippen molar-refractivity contribution < 1.29 is 0 Å². The first-order chi connectivity index (χ1) is 11.6. The molecule has 2 aromatic heterocycles. The predicted molar refractivity (Wildman–Crippen MR) is 102 cm³/mol. The number of benzene rings is 1. The molecule has 2 N–H and O–H groups in total. The largest absolute Gasteiger partial charge is 0.383 e. The molecule has 1 unspecified atom stereocenters. The predicted octanol–water partition coefficient (Wildman–Crippen LogP) is 4.40. The number of thiophene rings is 1. The molecule has 3 heterocycles. The summed E-state index contributed by atoms with van der Waals surface area (Å²) in [5.74, 6) is 1.42. The summed E-state index contributed by atoms with van der Waals surface area (Å²) < 4.78 is 0. The van der Waals surface area contributed by atoms with Gasteiger partial charge in [0, 0.05) is 17.1 Å². The SMILES string of the molecule is Cc1sc2nc(C(C)N3CCCc4ccccc43)nc(N)c2c1C. The molecule has 1 aliphatic heterocycles. The van der Waals surface area contributed by atoms with Crippen LogP contribution in [0.2, 0.25) is 0 Å². The van der Waals surface area contributed by atoms with E-state index in [1.165, 1.54) is 21.7 Å². The molecule has 1 atom stereocenters. The molecule has 4 nitrogen and oxygen atoms in total. The molecule has 5 heteroatoms. The number of rotatable bonds is 2. The van der Waals surface area contributed by atoms with Gasteiger partial charge in [-0.05, 0) is 50.8 Å². The lowest BCUT2D eigenvalue weighted by molar-refractivity contribution is 0.594. The van der Waals surface area contributed by atoms with Crippen LogP contribution in [0.1, 0.15) is 41.2 Å². The zero-order chi connectivity index (χ0) is 16.8. The minimum absolute atomic E-state index is 0.112. The lowest BCUT2D eigenvalue weighted by atomic mass is 10.00. The molecule has 0 saturated carbocycles. The first kappa shape index (κ1) is 15.4. The van der Waals surface area contributed by atoms with Crippen LogP contribution in [0.25, 0.3) is 10.2 Å². The second-order valence-electron chi connectivity index (χ2n) is 6.53. The van der Waals surface area contributed by atoms with Gasteiger partial charge >= 0.3 is 0 Å². The van der Waals surface area contributed by atoms with Crippen molar-refractivity contribution in [3.63, 3.8) is 0 Å². The van der Waals surface area contributed by atoms with Gasteiger partial charge in [-0.15, -0.1) is 11.3 Å². The fourth-order valence-corrected chi connectivity index (χ4v) is 4.63. The van der Waals surface area contributed by atoms with Crippen LogP contribution < -0.4 is 10.6 Å². The molecule has 24 heavy (non-hydrogen) atoms. The molecule has 1 aliphatic rings. The number of aromatic nitrogens is 2. The number of nitrogens with two attached hydrogens (primary N) is 1. The zero-order valence-corrected chi connectivity index (χ0v) is 15.2. The molecule has 0 spiro atoms. The standard InChI is InChI=1S/C19H22N4S/c1-11-13(3)24-19-16(11)17(20)21-18(22-19)12(2)23-10-6-8-14-7-4-5-9-15(14)23/h4-5,7,9,12H,6,8,10H2,1-3H3,(H2,20,21,22). The molecule has 0 amide bonds. The van der Waals surface area contributed by atoms with Gasteiger partial charge in [-0.3, -0.25) is 0 Å². The van der Waals surface area contributed by atoms with E-state index in [-0.39, 0.29) is 6.04 Å². The van der Waals surface area contributed by atoms with E-state index in [2.05, 4.69) is 54.9 Å². The summed E-state index contributed by atoms with van der Waals surface area (Å²) in [5, 5.41) is 1.02. The third-order valence-corrected chi connectivity index (χ3v) is 6.16. The second-order valence-corrected chi connectivity index (χ2v) is 7.74. The Bertz CT molecular complexity index is 915. The first-order valence-electron chi connectivity index (χ1n) is 8.44. The van der Waals surface area contributed by atoms with Crippen LogP contribution in [0.3, 0.4) is 0 Å². The van der Waals surface area contributed by atoms with Gasteiger partial charge in [0.15, 0.2) is 5.82 Å². The van der Waals surface area contributed by atoms with Crippen molar-refractivity contribution in [2.24, 2.45) is 0 Å². The van der Waals surface area contributed by atoms with E-state index in [1.54, 1.807) is 11.3 Å². The van der Waals surface area contributed by atoms with Crippen LogP contribution in [0, 0.1) is 13.8 Å². The number of aryl methyl sites for hydroxylation is 3. The van der Waals surface area contributed by atoms with Crippen molar-refractivity contribution in [1.29, 1.82) is 0 Å². The molecule has 0 saturated heterocycles. The average Bonchev–Trinajstić information content (AvgIpc) is 2.88. The summed E-state index contributed by atoms with van der Waals surface area (Å²) in [5.41, 5.74) is 10.2. The smallest absolute Gasteiger partial charge is 0.154 e. The minimum atomic E-state index is 0.112. The quantitative estimate of drug-likeness (QED) is 0.752. The Morgan fingerprint density at radius 2 is 2.00 bits per heavy atom. The highest BCUT2D eigenvalue weighted by Crippen LogP contribution is 2.36. The van der Waals surface area contributed by atoms with Gasteiger partial charge in [0.2, 0.25) is 0 Å². The zero-order valence-electron chi connectivity index (χ0n) is 14.3. The average molecular weight is 338 g/mol. The van der Waals surface area contributed by atoms with Crippen molar-refractivity contribution in [3.05, 3.63) is 46.1 Å². The number of para-hydroxylation sites is 1. The van der Waals surface area contributed by atoms with Gasteiger partial charge in [0.25, 0.3) is 0 Å². The van der Waals surface area contributed by atoms with Crippen LogP contribution in [-0.2, 0) is 6.42 Å². The maximum Gasteiger partial charge on any atom is 0.154 e. The van der Waals surface area contributed by atoms with E-state index >= 15 is 0 Å². The number of nitrogens with zero attached hydrogens (tertiary/aromatic N) is 3. The summed E-state index contributed by atoms with van der Waals surface area (Å²) in [7, 11) is 0. The Labute approximate surface area is 146 Å². The highest BCUT2D eigenvalue weighted by atomic mass is 32.1. The molecule has 0 aliphatic carbocycles. The molecule has 0 fully saturated rings. The topological polar surface area (TPSA) is 55.0 Å². The van der Waals surface area contributed by atoms with E-state index < -0.39 is 0 Å². The number of anilines is 2. The molecule has 124 valence electrons. The number of hydrogen-bond donors (Lipinski definition) is 1. The van der Waals surface area contributed by atoms with Crippen molar-refractivity contribution in [2.75, 3.05) is 17.2 Å². The van der Waals surface area contributed by atoms with Crippen molar-refractivity contribution in [2.45, 2.75) is 39.7 Å². The van der Waals surface area contributed by atoms with Gasteiger partial charge in [-0.2, -0.15) is 0 Å². The summed E-state index contributed by atoms with van der Waals surface area (Å²) in [6, 6.07) is 8.75. The van der Waals surface area contributed by atoms with Crippen LogP contribution in [0.15, 0.2) is 24.3 Å². The number of nitrogen functional groups attached to an aromatic ring is 1. The molecule has 4 rings (SSSR count). The van der Waals surface area contributed by atoms with E-state index in [4.69, 9.17) is 10.7 Å². The van der Waals surface area contributed by atoms with Crippen molar-refractivity contribution in [1.82, 2.24) is 9.97 Å². The highest BCUT2D eigenvalue weighted by molar-refractivity contribution is 7.18. The van der Waals surface area contributed by atoms with Crippen LogP contribution in [-0.4, -0.2) is 16.5 Å². The van der Waals surface area contributed by atoms with Crippen LogP contribution >= 0.6 is 11.3 Å². The first-order valence-corrected chi connectivity index (χ1v) is 9.25. The van der Waals surface area contributed by atoms with E-state index in [0.29, 0.717) is 5.82 Å². The molecule has 0 bridgehead atoms. The molecular weight excluding hydrogens is 316 g/mol. The van der Waals surface area contributed by atoms with E-state index in [9.17, 15) is 0 Å². The van der Waals surface area contributed by atoms with Gasteiger partial charge in [-0.1, -0.05) is 18.2 Å². The summed E-state index contributed by atoms with van der Waals surface area (Å²) in [6.45, 7) is 7.42. The fraction of sp³-hybridized carbons (Fsp3) is 0.368. The maximum absolute atomic E-state index is 6.27. The third-order valence-electron chi connectivity index (χ3n) is 5.06. The molecule has 3 aromatic rings. The molecular formula is C19H22N4S. The van der Waals surface area contributed by atoms with E-state index in [0.717, 1.165) is 35.4 Å². The van der Waals surface area contributed by atoms with Gasteiger partial charge < -0.3 is 10.6 Å². The number of fused-ring (bicyclic) bond motifs is 2. The van der Waals surface area contributed by atoms with Crippen LogP contribution in [0.4, 0.5) is 11.5 Å². The Kier molecular flexibility index (Phi) is 3.68. The minimum Gasteiger partial charge on any atom is -0.383 e. The maximum atomic E-state index is 6.27. The fourth-order valence-electron chi connectivity index (χ4n) is 3.59. The van der Waals surface area contributed by atoms with Crippen molar-refractivity contribution >= 4 is 33.1 Å². The van der Waals surface area contributed by atoms with Gasteiger partial charge in [-0.25, -0.2) is 9.97 Å². The summed E-state index contributed by atoms with van der Waals surface area (Å²) >= 11 is 1.71. The normalized spacial score (nSPS) is 15.5. The second kappa shape index (κ2) is 5.74. The monoisotopic (exact) mass is 338 g/mol. The van der Waals surface area contributed by atoms with Crippen molar-refractivity contribution in [3.8, 4) is 0 Å². The lowest BCUT2D eigenvalue weighted by Crippen LogP contribution is -2.33. The lowest BCUT2D eigenvalue weighted by Gasteiger charge is -2.35. The van der Waals surface area contributed by atoms with Gasteiger partial charge in [0.05, 0.1) is 11.4 Å². The van der Waals surface area contributed by atoms with Crippen LogP contribution in [0.5, 0.6) is 0 Å². The Morgan fingerprint density at radius 3 is 2.83 bits per heavy atom. The Balaban J connectivity index is 1.78. The Morgan fingerprint density at radius 1 is 1.21 bits per heavy atom. The summed E-state index contributed by atoms with van der Waals surface area (Å²) in [6.07, 6.45) is 2.31. The van der Waals surface area contributed by atoms with Gasteiger partial charge in [0.1, 0.15) is 10.6 Å². The third kappa shape index (κ3) is 2.35.